The van der Waals surface area contributed by atoms with Crippen LogP contribution in [0, 0.1) is 0 Å². The molecule has 1 unspecified atom stereocenters. The van der Waals surface area contributed by atoms with Gasteiger partial charge < -0.3 is 18.9 Å². The number of carbonyl (C=O) groups is 5. The lowest BCUT2D eigenvalue weighted by molar-refractivity contribution is -0.136. The second-order valence-corrected chi connectivity index (χ2v) is 10.1. The van der Waals surface area contributed by atoms with Gasteiger partial charge >= 0.3 is 6.09 Å². The molecule has 5 amide bonds. The highest BCUT2D eigenvalue weighted by Crippen LogP contribution is 2.33. The molecule has 0 aromatic heterocycles. The summed E-state index contributed by atoms with van der Waals surface area (Å²) in [7, 11) is 0. The average molecular weight is 554 g/mol. The third-order valence-electron chi connectivity index (χ3n) is 5.91. The fraction of sp³-hybridized carbons (Fsp3) is 0.393. The topological polar surface area (TPSA) is 150 Å². The minimum absolute atomic E-state index is 0.0465. The predicted molar refractivity (Wildman–Crippen MR) is 141 cm³/mol. The summed E-state index contributed by atoms with van der Waals surface area (Å²) in [6.45, 7) is 6.21. The van der Waals surface area contributed by atoms with Gasteiger partial charge in [-0.1, -0.05) is 6.07 Å². The van der Waals surface area contributed by atoms with Gasteiger partial charge in [0.15, 0.2) is 0 Å². The molecule has 2 aromatic carbocycles. The standard InChI is InChI=1S/C28H31N3O9/c1-28(2,3)40-27(36)29-17-7-9-18(10-8-17)38-15-13-37-14-16-39-21-6-4-5-19-23(21)26(35)31(25(19)34)20-11-12-22(32)30-24(20)33/h4-10,20H,11-16H2,1-3H3,(H,29,36)(H,30,32,33). The number of hydrogen-bond donors (Lipinski definition) is 2. The molecule has 2 heterocycles. The van der Waals surface area contributed by atoms with Crippen LogP contribution in [0.1, 0.15) is 54.3 Å². The van der Waals surface area contributed by atoms with Crippen molar-refractivity contribution in [3.63, 3.8) is 0 Å². The van der Waals surface area contributed by atoms with Crippen LogP contribution < -0.4 is 20.1 Å². The SMILES string of the molecule is CC(C)(C)OC(=O)Nc1ccc(OCCOCCOc2cccc3c2C(=O)N(C2CCC(=O)NC2=O)C3=O)cc1. The molecule has 0 radical (unpaired) electrons. The third-order valence-corrected chi connectivity index (χ3v) is 5.91. The van der Waals surface area contributed by atoms with Crippen molar-refractivity contribution in [2.75, 3.05) is 31.7 Å². The van der Waals surface area contributed by atoms with Crippen molar-refractivity contribution >= 4 is 35.4 Å². The van der Waals surface area contributed by atoms with Crippen LogP contribution in [0.4, 0.5) is 10.5 Å². The number of fused-ring (bicyclic) bond motifs is 1. The summed E-state index contributed by atoms with van der Waals surface area (Å²) in [5.74, 6) is -1.52. The molecule has 12 heteroatoms. The molecule has 2 N–H and O–H groups in total. The predicted octanol–water partition coefficient (Wildman–Crippen LogP) is 2.91. The molecule has 1 fully saturated rings. The molecule has 2 aromatic rings. The van der Waals surface area contributed by atoms with Crippen LogP contribution in [0.15, 0.2) is 42.5 Å². The molecule has 1 atom stereocenters. The van der Waals surface area contributed by atoms with Gasteiger partial charge in [-0.2, -0.15) is 0 Å². The van der Waals surface area contributed by atoms with Gasteiger partial charge in [0, 0.05) is 12.1 Å². The van der Waals surface area contributed by atoms with Crippen molar-refractivity contribution < 1.29 is 42.9 Å². The van der Waals surface area contributed by atoms with Crippen LogP contribution in [-0.4, -0.2) is 72.7 Å². The molecule has 2 aliphatic rings. The molecular formula is C28H31N3O9. The van der Waals surface area contributed by atoms with Crippen LogP contribution >= 0.6 is 0 Å². The number of nitrogens with one attached hydrogen (secondary N) is 2. The van der Waals surface area contributed by atoms with E-state index in [-0.39, 0.29) is 56.1 Å². The highest BCUT2D eigenvalue weighted by Gasteiger charge is 2.46. The Hall–Kier alpha value is -4.45. The Morgan fingerprint density at radius 1 is 0.950 bits per heavy atom. The van der Waals surface area contributed by atoms with E-state index in [4.69, 9.17) is 18.9 Å². The van der Waals surface area contributed by atoms with Gasteiger partial charge in [0.2, 0.25) is 11.8 Å². The van der Waals surface area contributed by atoms with E-state index >= 15 is 0 Å². The van der Waals surface area contributed by atoms with Crippen LogP contribution in [0.3, 0.4) is 0 Å². The quantitative estimate of drug-likeness (QED) is 0.334. The Morgan fingerprint density at radius 3 is 2.33 bits per heavy atom. The minimum atomic E-state index is -1.04. The maximum absolute atomic E-state index is 13.1. The van der Waals surface area contributed by atoms with Crippen molar-refractivity contribution in [3.8, 4) is 11.5 Å². The van der Waals surface area contributed by atoms with E-state index in [1.165, 1.54) is 6.07 Å². The summed E-state index contributed by atoms with van der Waals surface area (Å²) < 4.78 is 22.1. The zero-order valence-corrected chi connectivity index (χ0v) is 22.5. The lowest BCUT2D eigenvalue weighted by Crippen LogP contribution is -2.54. The first-order valence-corrected chi connectivity index (χ1v) is 12.8. The molecule has 0 bridgehead atoms. The van der Waals surface area contributed by atoms with Crippen LogP contribution in [0.5, 0.6) is 11.5 Å². The number of rotatable bonds is 10. The summed E-state index contributed by atoms with van der Waals surface area (Å²) in [6.07, 6.45) is -0.417. The molecule has 40 heavy (non-hydrogen) atoms. The maximum atomic E-state index is 13.1. The number of ether oxygens (including phenoxy) is 4. The second-order valence-electron chi connectivity index (χ2n) is 10.1. The molecular weight excluding hydrogens is 522 g/mol. The number of nitrogens with zero attached hydrogens (tertiary/aromatic N) is 1. The molecule has 0 spiro atoms. The largest absolute Gasteiger partial charge is 0.491 e. The lowest BCUT2D eigenvalue weighted by atomic mass is 10.0. The Labute approximate surface area is 230 Å². The minimum Gasteiger partial charge on any atom is -0.491 e. The van der Waals surface area contributed by atoms with E-state index in [2.05, 4.69) is 10.6 Å². The number of carbonyl (C=O) groups excluding carboxylic acids is 5. The molecule has 4 rings (SSSR count). The summed E-state index contributed by atoms with van der Waals surface area (Å²) >= 11 is 0. The summed E-state index contributed by atoms with van der Waals surface area (Å²) in [5.41, 5.74) is 0.219. The van der Waals surface area contributed by atoms with E-state index < -0.39 is 41.4 Å². The summed E-state index contributed by atoms with van der Waals surface area (Å²) in [6, 6.07) is 10.4. The number of piperidine rings is 1. The van der Waals surface area contributed by atoms with Gasteiger partial charge in [0.25, 0.3) is 11.8 Å². The van der Waals surface area contributed by atoms with Gasteiger partial charge in [-0.05, 0) is 63.6 Å². The van der Waals surface area contributed by atoms with Gasteiger partial charge in [-0.25, -0.2) is 4.79 Å². The number of anilines is 1. The van der Waals surface area contributed by atoms with Crippen molar-refractivity contribution in [2.24, 2.45) is 0 Å². The van der Waals surface area contributed by atoms with Crippen molar-refractivity contribution in [1.82, 2.24) is 10.2 Å². The Kier molecular flexibility index (Phi) is 8.68. The number of imide groups is 2. The third kappa shape index (κ3) is 6.94. The Bertz CT molecular complexity index is 1300. The van der Waals surface area contributed by atoms with E-state index in [0.29, 0.717) is 11.4 Å². The zero-order valence-electron chi connectivity index (χ0n) is 22.5. The highest BCUT2D eigenvalue weighted by molar-refractivity contribution is 6.24. The lowest BCUT2D eigenvalue weighted by Gasteiger charge is -2.27. The van der Waals surface area contributed by atoms with Gasteiger partial charge in [0.05, 0.1) is 24.3 Å². The zero-order chi connectivity index (χ0) is 28.9. The number of hydrogen-bond acceptors (Lipinski definition) is 9. The second kappa shape index (κ2) is 12.2. The van der Waals surface area contributed by atoms with Crippen molar-refractivity contribution in [3.05, 3.63) is 53.6 Å². The number of benzene rings is 2. The van der Waals surface area contributed by atoms with Crippen molar-refractivity contribution in [2.45, 2.75) is 45.3 Å². The average Bonchev–Trinajstić information content (AvgIpc) is 3.13. The Balaban J connectivity index is 1.20. The molecule has 212 valence electrons. The first kappa shape index (κ1) is 28.6. The molecule has 0 aliphatic carbocycles. The van der Waals surface area contributed by atoms with E-state index in [9.17, 15) is 24.0 Å². The van der Waals surface area contributed by atoms with E-state index in [1.54, 1.807) is 57.2 Å². The summed E-state index contributed by atoms with van der Waals surface area (Å²) in [4.78, 5) is 62.4. The fourth-order valence-corrected chi connectivity index (χ4v) is 4.19. The highest BCUT2D eigenvalue weighted by atomic mass is 16.6. The molecule has 1 saturated heterocycles. The summed E-state index contributed by atoms with van der Waals surface area (Å²) in [5, 5.41) is 4.82. The van der Waals surface area contributed by atoms with Gasteiger partial charge in [-0.15, -0.1) is 0 Å². The monoisotopic (exact) mass is 553 g/mol. The number of amides is 5. The van der Waals surface area contributed by atoms with Crippen LogP contribution in [0.25, 0.3) is 0 Å². The van der Waals surface area contributed by atoms with E-state index in [0.717, 1.165) is 4.90 Å². The first-order valence-electron chi connectivity index (χ1n) is 12.8. The smallest absolute Gasteiger partial charge is 0.412 e. The first-order chi connectivity index (χ1) is 19.0. The van der Waals surface area contributed by atoms with Crippen LogP contribution in [0.2, 0.25) is 0 Å². The molecule has 2 aliphatic heterocycles. The normalized spacial score (nSPS) is 16.9. The fourth-order valence-electron chi connectivity index (χ4n) is 4.19. The van der Waals surface area contributed by atoms with E-state index in [1.807, 2.05) is 0 Å². The Morgan fingerprint density at radius 2 is 1.65 bits per heavy atom. The molecule has 12 nitrogen and oxygen atoms in total. The molecule has 0 saturated carbocycles. The van der Waals surface area contributed by atoms with Gasteiger partial charge in [0.1, 0.15) is 36.4 Å². The maximum Gasteiger partial charge on any atom is 0.412 e. The van der Waals surface area contributed by atoms with Crippen LogP contribution in [-0.2, 0) is 19.1 Å². The van der Waals surface area contributed by atoms with Crippen molar-refractivity contribution in [1.29, 1.82) is 0 Å². The van der Waals surface area contributed by atoms with Gasteiger partial charge in [-0.3, -0.25) is 34.7 Å².